The number of carboxylic acids is 3. The van der Waals surface area contributed by atoms with Crippen LogP contribution in [0, 0.1) is 5.92 Å². The number of hydrogen-bond donors (Lipinski definition) is 5. The minimum Gasteiger partial charge on any atom is -0.481 e. The molecular weight excluding hydrogens is 232 g/mol. The monoisotopic (exact) mass is 248 g/mol. The molecule has 7 N–H and O–H groups in total. The first kappa shape index (κ1) is 15.3. The molecule has 0 aliphatic heterocycles. The third kappa shape index (κ3) is 4.00. The Morgan fingerprint density at radius 2 is 1.71 bits per heavy atom. The lowest BCUT2D eigenvalue weighted by atomic mass is 9.79. The smallest absolute Gasteiger partial charge is 0.324 e. The fourth-order valence-electron chi connectivity index (χ4n) is 1.51. The van der Waals surface area contributed by atoms with Gasteiger partial charge in [-0.1, -0.05) is 0 Å². The summed E-state index contributed by atoms with van der Waals surface area (Å²) in [5, 5.41) is 26.4. The quantitative estimate of drug-likeness (QED) is 0.353. The van der Waals surface area contributed by atoms with Gasteiger partial charge in [0.15, 0.2) is 0 Å². The maximum atomic E-state index is 11.0. The Balaban J connectivity index is 5.06. The summed E-state index contributed by atoms with van der Waals surface area (Å²) in [7, 11) is 0. The van der Waals surface area contributed by atoms with Crippen LogP contribution >= 0.6 is 0 Å². The van der Waals surface area contributed by atoms with E-state index >= 15 is 0 Å². The third-order valence-electron chi connectivity index (χ3n) is 2.53. The van der Waals surface area contributed by atoms with Crippen molar-refractivity contribution in [2.45, 2.75) is 24.8 Å². The van der Waals surface area contributed by atoms with E-state index in [1.165, 1.54) is 0 Å². The zero-order valence-electron chi connectivity index (χ0n) is 9.13. The largest absolute Gasteiger partial charge is 0.481 e. The Labute approximate surface area is 97.2 Å². The summed E-state index contributed by atoms with van der Waals surface area (Å²) in [4.78, 5) is 32.4. The van der Waals surface area contributed by atoms with E-state index in [1.807, 2.05) is 0 Å². The van der Waals surface area contributed by atoms with E-state index in [0.717, 1.165) is 0 Å². The van der Waals surface area contributed by atoms with Gasteiger partial charge >= 0.3 is 17.9 Å². The summed E-state index contributed by atoms with van der Waals surface area (Å²) in [5.41, 5.74) is 8.59. The fraction of sp³-hybridized carbons (Fsp3) is 0.667. The molecule has 0 aromatic carbocycles. The van der Waals surface area contributed by atoms with E-state index in [9.17, 15) is 14.4 Å². The molecule has 0 saturated carbocycles. The van der Waals surface area contributed by atoms with Crippen LogP contribution in [-0.2, 0) is 14.4 Å². The molecule has 0 aromatic rings. The van der Waals surface area contributed by atoms with E-state index in [4.69, 9.17) is 26.8 Å². The van der Waals surface area contributed by atoms with Gasteiger partial charge in [0.05, 0.1) is 5.92 Å². The van der Waals surface area contributed by atoms with Crippen LogP contribution in [0.25, 0.3) is 0 Å². The molecule has 0 aliphatic carbocycles. The van der Waals surface area contributed by atoms with Gasteiger partial charge in [-0.2, -0.15) is 0 Å². The van der Waals surface area contributed by atoms with E-state index < -0.39 is 42.2 Å². The van der Waals surface area contributed by atoms with Crippen LogP contribution < -0.4 is 11.5 Å². The number of aliphatic carboxylic acids is 3. The molecule has 0 heterocycles. The van der Waals surface area contributed by atoms with Crippen molar-refractivity contribution in [2.24, 2.45) is 17.4 Å². The minimum atomic E-state index is -2.12. The fourth-order valence-corrected chi connectivity index (χ4v) is 1.51. The highest BCUT2D eigenvalue weighted by Crippen LogP contribution is 2.24. The summed E-state index contributed by atoms with van der Waals surface area (Å²) in [5.74, 6) is -5.59. The maximum absolute atomic E-state index is 11.0. The minimum absolute atomic E-state index is 0.0454. The van der Waals surface area contributed by atoms with Gasteiger partial charge in [0.2, 0.25) is 0 Å². The standard InChI is InChI=1S/C9H16N2O6/c10-4-2-5(7(14)15)9(11,8(16)17)3-1-6(12)13/h5H,1-4,10-11H2,(H,12,13)(H,14,15)(H,16,17). The summed E-state index contributed by atoms with van der Waals surface area (Å²) in [6.45, 7) is -0.0454. The average Bonchev–Trinajstić information content (AvgIpc) is 2.21. The lowest BCUT2D eigenvalue weighted by Crippen LogP contribution is -2.57. The van der Waals surface area contributed by atoms with Crippen molar-refractivity contribution >= 4 is 17.9 Å². The molecule has 0 bridgehead atoms. The molecule has 2 unspecified atom stereocenters. The highest BCUT2D eigenvalue weighted by molar-refractivity contribution is 5.87. The number of carbonyl (C=O) groups is 3. The number of nitrogens with two attached hydrogens (primary N) is 2. The summed E-state index contributed by atoms with van der Waals surface area (Å²) < 4.78 is 0. The molecule has 0 radical (unpaired) electrons. The molecule has 0 saturated heterocycles. The van der Waals surface area contributed by atoms with Gasteiger partial charge in [-0.05, 0) is 19.4 Å². The van der Waals surface area contributed by atoms with Gasteiger partial charge in [0.25, 0.3) is 0 Å². The Kier molecular flexibility index (Phi) is 5.56. The second kappa shape index (κ2) is 6.16. The van der Waals surface area contributed by atoms with Crippen molar-refractivity contribution in [1.29, 1.82) is 0 Å². The van der Waals surface area contributed by atoms with Crippen LogP contribution in [0.1, 0.15) is 19.3 Å². The molecule has 8 nitrogen and oxygen atoms in total. The van der Waals surface area contributed by atoms with Crippen molar-refractivity contribution in [3.63, 3.8) is 0 Å². The lowest BCUT2D eigenvalue weighted by Gasteiger charge is -2.30. The van der Waals surface area contributed by atoms with Gasteiger partial charge in [-0.15, -0.1) is 0 Å². The first-order valence-corrected chi connectivity index (χ1v) is 4.92. The van der Waals surface area contributed by atoms with Crippen LogP contribution in [-0.4, -0.2) is 45.3 Å². The molecule has 0 spiro atoms. The molecule has 8 heteroatoms. The first-order valence-electron chi connectivity index (χ1n) is 4.92. The normalized spacial score (nSPS) is 15.9. The SMILES string of the molecule is NCCC(C(=O)O)C(N)(CCC(=O)O)C(=O)O. The Bertz CT molecular complexity index is 319. The number of rotatable bonds is 8. The molecule has 17 heavy (non-hydrogen) atoms. The molecule has 98 valence electrons. The van der Waals surface area contributed by atoms with E-state index in [1.54, 1.807) is 0 Å². The topological polar surface area (TPSA) is 164 Å². The third-order valence-corrected chi connectivity index (χ3v) is 2.53. The molecule has 0 fully saturated rings. The number of hydrogen-bond acceptors (Lipinski definition) is 5. The molecule has 0 aromatic heterocycles. The molecular formula is C9H16N2O6. The Hall–Kier alpha value is -1.67. The van der Waals surface area contributed by atoms with E-state index in [-0.39, 0.29) is 13.0 Å². The van der Waals surface area contributed by atoms with Crippen LogP contribution in [0.15, 0.2) is 0 Å². The highest BCUT2D eigenvalue weighted by Gasteiger charge is 2.46. The van der Waals surface area contributed by atoms with Crippen LogP contribution in [0.2, 0.25) is 0 Å². The van der Waals surface area contributed by atoms with Crippen molar-refractivity contribution in [3.05, 3.63) is 0 Å². The van der Waals surface area contributed by atoms with Gasteiger partial charge in [0.1, 0.15) is 5.54 Å². The average molecular weight is 248 g/mol. The maximum Gasteiger partial charge on any atom is 0.324 e. The summed E-state index contributed by atoms with van der Waals surface area (Å²) in [6, 6.07) is 0. The van der Waals surface area contributed by atoms with Gasteiger partial charge in [-0.3, -0.25) is 14.4 Å². The number of carboxylic acid groups (broad SMARTS) is 3. The second-order valence-corrected chi connectivity index (χ2v) is 3.71. The zero-order chi connectivity index (χ0) is 13.6. The Morgan fingerprint density at radius 1 is 1.18 bits per heavy atom. The van der Waals surface area contributed by atoms with E-state index in [0.29, 0.717) is 0 Å². The van der Waals surface area contributed by atoms with Crippen LogP contribution in [0.5, 0.6) is 0 Å². The van der Waals surface area contributed by atoms with Crippen LogP contribution in [0.4, 0.5) is 0 Å². The molecule has 0 aliphatic rings. The van der Waals surface area contributed by atoms with Crippen molar-refractivity contribution < 1.29 is 29.7 Å². The first-order chi connectivity index (χ1) is 7.75. The van der Waals surface area contributed by atoms with Gasteiger partial charge < -0.3 is 26.8 Å². The summed E-state index contributed by atoms with van der Waals surface area (Å²) >= 11 is 0. The molecule has 0 amide bonds. The van der Waals surface area contributed by atoms with E-state index in [2.05, 4.69) is 0 Å². The molecule has 2 atom stereocenters. The zero-order valence-corrected chi connectivity index (χ0v) is 9.13. The van der Waals surface area contributed by atoms with Gasteiger partial charge in [-0.25, -0.2) is 0 Å². The Morgan fingerprint density at radius 3 is 2.00 bits per heavy atom. The van der Waals surface area contributed by atoms with Crippen molar-refractivity contribution in [2.75, 3.05) is 6.54 Å². The van der Waals surface area contributed by atoms with Gasteiger partial charge in [0, 0.05) is 6.42 Å². The lowest BCUT2D eigenvalue weighted by molar-refractivity contribution is -0.157. The van der Waals surface area contributed by atoms with Crippen LogP contribution in [0.3, 0.4) is 0 Å². The molecule has 0 rings (SSSR count). The van der Waals surface area contributed by atoms with Crippen molar-refractivity contribution in [3.8, 4) is 0 Å². The van der Waals surface area contributed by atoms with Crippen molar-refractivity contribution in [1.82, 2.24) is 0 Å². The predicted molar refractivity (Wildman–Crippen MR) is 56.2 cm³/mol. The summed E-state index contributed by atoms with van der Waals surface area (Å²) in [6.07, 6.45) is -1.11. The second-order valence-electron chi connectivity index (χ2n) is 3.71. The highest BCUT2D eigenvalue weighted by atomic mass is 16.4. The predicted octanol–water partition coefficient (Wildman–Crippen LogP) is -1.32.